The van der Waals surface area contributed by atoms with Crippen molar-refractivity contribution in [3.8, 4) is 0 Å². The van der Waals surface area contributed by atoms with Crippen LogP contribution in [-0.4, -0.2) is 71.5 Å². The summed E-state index contributed by atoms with van der Waals surface area (Å²) in [6, 6.07) is 0.767. The molecule has 0 aliphatic carbocycles. The maximum absolute atomic E-state index is 9.17. The zero-order chi connectivity index (χ0) is 9.26. The fraction of sp³-hybridized carbons (Fsp3) is 1.00. The minimum Gasteiger partial charge on any atom is -0.396 e. The molecule has 0 spiro atoms. The molecule has 0 saturated carbocycles. The number of hydrogen-bond acceptors (Lipinski definition) is 4. The van der Waals surface area contributed by atoms with E-state index in [9.17, 15) is 0 Å². The fourth-order valence-corrected chi connectivity index (χ4v) is 2.55. The van der Waals surface area contributed by atoms with E-state index in [1.807, 2.05) is 0 Å². The van der Waals surface area contributed by atoms with Crippen LogP contribution >= 0.6 is 0 Å². The molecule has 4 nitrogen and oxygen atoms in total. The number of hydrogen-bond donors (Lipinski definition) is 2. The molecule has 0 amide bonds. The van der Waals surface area contributed by atoms with Gasteiger partial charge in [-0.25, -0.2) is 0 Å². The normalized spacial score (nSPS) is 43.8. The standard InChI is InChI=1S/C9H18N2O2/c12-4-1-8-5-10-2-3-11(8)9(6-10)7-13/h8-9,12-13H,1-7H2. The van der Waals surface area contributed by atoms with E-state index in [1.54, 1.807) is 0 Å². The van der Waals surface area contributed by atoms with Crippen molar-refractivity contribution in [2.24, 2.45) is 0 Å². The molecule has 3 saturated heterocycles. The second-order valence-electron chi connectivity index (χ2n) is 4.00. The zero-order valence-corrected chi connectivity index (χ0v) is 7.89. The summed E-state index contributed by atoms with van der Waals surface area (Å²) >= 11 is 0. The quantitative estimate of drug-likeness (QED) is 0.577. The molecule has 13 heavy (non-hydrogen) atoms. The average Bonchev–Trinajstić information content (AvgIpc) is 2.19. The summed E-state index contributed by atoms with van der Waals surface area (Å²) < 4.78 is 0. The molecule has 0 radical (unpaired) electrons. The number of aliphatic hydroxyl groups is 2. The van der Waals surface area contributed by atoms with Crippen LogP contribution in [0.3, 0.4) is 0 Å². The Bertz CT molecular complexity index is 177. The van der Waals surface area contributed by atoms with Gasteiger partial charge in [0.25, 0.3) is 0 Å². The summed E-state index contributed by atoms with van der Waals surface area (Å²) in [5.74, 6) is 0. The van der Waals surface area contributed by atoms with E-state index < -0.39 is 0 Å². The van der Waals surface area contributed by atoms with Gasteiger partial charge in [0, 0.05) is 44.9 Å². The molecule has 3 heterocycles. The van der Waals surface area contributed by atoms with Gasteiger partial charge >= 0.3 is 0 Å². The lowest BCUT2D eigenvalue weighted by molar-refractivity contribution is -0.0567. The number of piperazine rings is 3. The predicted octanol–water partition coefficient (Wildman–Crippen LogP) is -1.27. The van der Waals surface area contributed by atoms with Gasteiger partial charge in [-0.2, -0.15) is 0 Å². The number of aliphatic hydroxyl groups excluding tert-OH is 2. The summed E-state index contributed by atoms with van der Waals surface area (Å²) in [5, 5.41) is 18.1. The van der Waals surface area contributed by atoms with Crippen LogP contribution < -0.4 is 0 Å². The topological polar surface area (TPSA) is 46.9 Å². The van der Waals surface area contributed by atoms with Gasteiger partial charge in [-0.1, -0.05) is 0 Å². The Kier molecular flexibility index (Phi) is 2.83. The SMILES string of the molecule is OCCC1CN2CCN1C(CO)C2. The van der Waals surface area contributed by atoms with Crippen LogP contribution in [0.1, 0.15) is 6.42 Å². The number of rotatable bonds is 3. The van der Waals surface area contributed by atoms with Gasteiger partial charge in [-0.05, 0) is 6.42 Å². The molecule has 2 N–H and O–H groups in total. The van der Waals surface area contributed by atoms with Crippen molar-refractivity contribution in [2.75, 3.05) is 39.4 Å². The summed E-state index contributed by atoms with van der Waals surface area (Å²) in [4.78, 5) is 4.75. The van der Waals surface area contributed by atoms with Crippen molar-refractivity contribution in [3.63, 3.8) is 0 Å². The first-order chi connectivity index (χ1) is 6.35. The molecule has 0 aromatic heterocycles. The zero-order valence-electron chi connectivity index (χ0n) is 7.89. The second-order valence-corrected chi connectivity index (χ2v) is 4.00. The van der Waals surface area contributed by atoms with Gasteiger partial charge in [0.15, 0.2) is 0 Å². The Labute approximate surface area is 78.8 Å². The van der Waals surface area contributed by atoms with E-state index >= 15 is 0 Å². The summed E-state index contributed by atoms with van der Waals surface area (Å²) in [6.07, 6.45) is 0.840. The van der Waals surface area contributed by atoms with Crippen LogP contribution in [0.2, 0.25) is 0 Å². The Morgan fingerprint density at radius 3 is 2.46 bits per heavy atom. The molecule has 76 valence electrons. The third-order valence-electron chi connectivity index (χ3n) is 3.22. The largest absolute Gasteiger partial charge is 0.396 e. The van der Waals surface area contributed by atoms with Crippen LogP contribution in [0.4, 0.5) is 0 Å². The highest BCUT2D eigenvalue weighted by molar-refractivity contribution is 4.93. The molecule has 3 aliphatic rings. The lowest BCUT2D eigenvalue weighted by Gasteiger charge is -2.52. The molecule has 2 bridgehead atoms. The third-order valence-corrected chi connectivity index (χ3v) is 3.22. The third kappa shape index (κ3) is 1.72. The van der Waals surface area contributed by atoms with Crippen molar-refractivity contribution in [3.05, 3.63) is 0 Å². The van der Waals surface area contributed by atoms with Gasteiger partial charge in [-0.15, -0.1) is 0 Å². The number of nitrogens with zero attached hydrogens (tertiary/aromatic N) is 2. The average molecular weight is 186 g/mol. The first kappa shape index (κ1) is 9.40. The molecule has 0 aromatic rings. The summed E-state index contributed by atoms with van der Waals surface area (Å²) in [5.41, 5.74) is 0. The highest BCUT2D eigenvalue weighted by atomic mass is 16.3. The van der Waals surface area contributed by atoms with E-state index in [0.29, 0.717) is 12.1 Å². The first-order valence-electron chi connectivity index (χ1n) is 5.05. The lowest BCUT2D eigenvalue weighted by Crippen LogP contribution is -2.66. The minimum atomic E-state index is 0.248. The molecule has 3 fully saturated rings. The highest BCUT2D eigenvalue weighted by Crippen LogP contribution is 2.22. The van der Waals surface area contributed by atoms with E-state index in [4.69, 9.17) is 10.2 Å². The predicted molar refractivity (Wildman–Crippen MR) is 49.5 cm³/mol. The van der Waals surface area contributed by atoms with E-state index in [1.165, 1.54) is 0 Å². The Balaban J connectivity index is 1.99. The van der Waals surface area contributed by atoms with E-state index in [0.717, 1.165) is 32.6 Å². The van der Waals surface area contributed by atoms with Crippen molar-refractivity contribution in [1.82, 2.24) is 9.80 Å². The lowest BCUT2D eigenvalue weighted by atomic mass is 10.00. The maximum atomic E-state index is 9.17. The fourth-order valence-electron chi connectivity index (χ4n) is 2.55. The van der Waals surface area contributed by atoms with Crippen molar-refractivity contribution in [2.45, 2.75) is 18.5 Å². The number of fused-ring (bicyclic) bond motifs is 3. The maximum Gasteiger partial charge on any atom is 0.0599 e. The van der Waals surface area contributed by atoms with Crippen LogP contribution in [0.25, 0.3) is 0 Å². The molecule has 4 atom stereocenters. The highest BCUT2D eigenvalue weighted by Gasteiger charge is 2.37. The Morgan fingerprint density at radius 2 is 1.85 bits per heavy atom. The van der Waals surface area contributed by atoms with Crippen LogP contribution in [0.5, 0.6) is 0 Å². The Morgan fingerprint density at radius 1 is 1.08 bits per heavy atom. The molecule has 3 aliphatic heterocycles. The van der Waals surface area contributed by atoms with E-state index in [2.05, 4.69) is 9.80 Å². The van der Waals surface area contributed by atoms with Gasteiger partial charge < -0.3 is 10.2 Å². The van der Waals surface area contributed by atoms with Gasteiger partial charge in [-0.3, -0.25) is 9.80 Å². The molecule has 0 aromatic carbocycles. The monoisotopic (exact) mass is 186 g/mol. The van der Waals surface area contributed by atoms with Crippen molar-refractivity contribution < 1.29 is 10.2 Å². The minimum absolute atomic E-state index is 0.248. The van der Waals surface area contributed by atoms with Crippen molar-refractivity contribution >= 4 is 0 Å². The van der Waals surface area contributed by atoms with Gasteiger partial charge in [0.2, 0.25) is 0 Å². The first-order valence-corrected chi connectivity index (χ1v) is 5.05. The molecular formula is C9H18N2O2. The van der Waals surface area contributed by atoms with Gasteiger partial charge in [0.05, 0.1) is 6.61 Å². The van der Waals surface area contributed by atoms with Gasteiger partial charge in [0.1, 0.15) is 0 Å². The van der Waals surface area contributed by atoms with Crippen LogP contribution in [0.15, 0.2) is 0 Å². The van der Waals surface area contributed by atoms with Crippen LogP contribution in [-0.2, 0) is 0 Å². The molecule has 4 unspecified atom stereocenters. The summed E-state index contributed by atoms with van der Waals surface area (Å²) in [7, 11) is 0. The smallest absolute Gasteiger partial charge is 0.0599 e. The molecule has 4 heteroatoms. The summed E-state index contributed by atoms with van der Waals surface area (Å²) in [6.45, 7) is 4.75. The van der Waals surface area contributed by atoms with Crippen LogP contribution in [0, 0.1) is 0 Å². The van der Waals surface area contributed by atoms with Crippen molar-refractivity contribution in [1.29, 1.82) is 0 Å². The second kappa shape index (κ2) is 3.92. The van der Waals surface area contributed by atoms with E-state index in [-0.39, 0.29) is 13.2 Å². The molecular weight excluding hydrogens is 168 g/mol. The Hall–Kier alpha value is -0.160. The molecule has 3 rings (SSSR count).